The minimum absolute atomic E-state index is 0.1000. The summed E-state index contributed by atoms with van der Waals surface area (Å²) in [5.74, 6) is -0.759. The lowest BCUT2D eigenvalue weighted by molar-refractivity contribution is -0.140. The fourth-order valence-corrected chi connectivity index (χ4v) is 3.88. The molecule has 2 aromatic rings. The first kappa shape index (κ1) is 23.5. The van der Waals surface area contributed by atoms with Gasteiger partial charge in [0.15, 0.2) is 0 Å². The van der Waals surface area contributed by atoms with Gasteiger partial charge in [0.2, 0.25) is 0 Å². The van der Waals surface area contributed by atoms with E-state index in [9.17, 15) is 14.7 Å². The molecule has 0 unspecified atom stereocenters. The SMILES string of the molecule is CCCOc1ccc(/C(O)=C2\C(=O)C(=O)N(CCN(CC)CC)[C@H]2c2ccncc2)cc1. The largest absolute Gasteiger partial charge is 0.507 e. The molecule has 1 aromatic carbocycles. The molecule has 1 amide bonds. The second-order valence-electron chi connectivity index (χ2n) is 7.67. The lowest BCUT2D eigenvalue weighted by Crippen LogP contribution is -2.38. The summed E-state index contributed by atoms with van der Waals surface area (Å²) >= 11 is 0. The van der Waals surface area contributed by atoms with Crippen molar-refractivity contribution in [2.24, 2.45) is 0 Å². The minimum atomic E-state index is -0.671. The highest BCUT2D eigenvalue weighted by Crippen LogP contribution is 2.39. The molecule has 1 aliphatic heterocycles. The third-order valence-corrected chi connectivity index (χ3v) is 5.71. The zero-order valence-corrected chi connectivity index (χ0v) is 19.0. The van der Waals surface area contributed by atoms with E-state index in [1.54, 1.807) is 53.7 Å². The Morgan fingerprint density at radius 1 is 1.06 bits per heavy atom. The fraction of sp³-hybridized carbons (Fsp3) is 0.400. The molecule has 1 aromatic heterocycles. The van der Waals surface area contributed by atoms with Crippen molar-refractivity contribution >= 4 is 17.4 Å². The Balaban J connectivity index is 2.00. The first-order chi connectivity index (χ1) is 15.5. The van der Waals surface area contributed by atoms with Crippen molar-refractivity contribution in [2.75, 3.05) is 32.8 Å². The average Bonchev–Trinajstić information content (AvgIpc) is 3.08. The van der Waals surface area contributed by atoms with Crippen molar-refractivity contribution in [1.82, 2.24) is 14.8 Å². The number of hydrogen-bond donors (Lipinski definition) is 1. The number of aliphatic hydroxyl groups is 1. The Bertz CT molecular complexity index is 953. The van der Waals surface area contributed by atoms with Gasteiger partial charge in [-0.3, -0.25) is 14.6 Å². The predicted molar refractivity (Wildman–Crippen MR) is 123 cm³/mol. The van der Waals surface area contributed by atoms with Crippen LogP contribution in [-0.4, -0.2) is 64.4 Å². The number of ketones is 1. The number of pyridine rings is 1. The zero-order valence-electron chi connectivity index (χ0n) is 19.0. The zero-order chi connectivity index (χ0) is 23.1. The van der Waals surface area contributed by atoms with E-state index in [0.29, 0.717) is 31.0 Å². The standard InChI is InChI=1S/C25H31N3O4/c1-4-17-32-20-9-7-19(8-10-20)23(29)21-22(18-11-13-26-14-12-18)28(25(31)24(21)30)16-15-27(5-2)6-3/h7-14,22,29H,4-6,15-17H2,1-3H3/b23-21+/t22-/m0/s1. The van der Waals surface area contributed by atoms with Crippen molar-refractivity contribution in [3.63, 3.8) is 0 Å². The molecule has 7 heteroatoms. The van der Waals surface area contributed by atoms with E-state index in [0.717, 1.165) is 25.1 Å². The number of aromatic nitrogens is 1. The molecule has 1 N–H and O–H groups in total. The summed E-state index contributed by atoms with van der Waals surface area (Å²) < 4.78 is 5.60. The highest BCUT2D eigenvalue weighted by Gasteiger charge is 2.45. The smallest absolute Gasteiger partial charge is 0.295 e. The Morgan fingerprint density at radius 3 is 2.31 bits per heavy atom. The van der Waals surface area contributed by atoms with E-state index in [4.69, 9.17) is 4.74 Å². The van der Waals surface area contributed by atoms with Crippen molar-refractivity contribution in [1.29, 1.82) is 0 Å². The fourth-order valence-electron chi connectivity index (χ4n) is 3.88. The Kier molecular flexibility index (Phi) is 8.00. The number of carbonyl (C=O) groups excluding carboxylic acids is 2. The monoisotopic (exact) mass is 437 g/mol. The van der Waals surface area contributed by atoms with Gasteiger partial charge in [-0.15, -0.1) is 0 Å². The lowest BCUT2D eigenvalue weighted by atomic mass is 9.96. The number of aliphatic hydroxyl groups excluding tert-OH is 1. The molecule has 170 valence electrons. The van der Waals surface area contributed by atoms with Crippen molar-refractivity contribution < 1.29 is 19.4 Å². The highest BCUT2D eigenvalue weighted by atomic mass is 16.5. The van der Waals surface area contributed by atoms with Crippen LogP contribution >= 0.6 is 0 Å². The normalized spacial score (nSPS) is 17.9. The van der Waals surface area contributed by atoms with Gasteiger partial charge in [0, 0.05) is 31.0 Å². The number of likely N-dealkylation sites (tertiary alicyclic amines) is 1. The van der Waals surface area contributed by atoms with E-state index in [-0.39, 0.29) is 11.3 Å². The van der Waals surface area contributed by atoms with Gasteiger partial charge in [-0.25, -0.2) is 0 Å². The third-order valence-electron chi connectivity index (χ3n) is 5.71. The molecule has 0 bridgehead atoms. The molecular formula is C25H31N3O4. The summed E-state index contributed by atoms with van der Waals surface area (Å²) in [5, 5.41) is 11.1. The molecule has 7 nitrogen and oxygen atoms in total. The number of hydrogen-bond acceptors (Lipinski definition) is 6. The highest BCUT2D eigenvalue weighted by molar-refractivity contribution is 6.46. The lowest BCUT2D eigenvalue weighted by Gasteiger charge is -2.28. The van der Waals surface area contributed by atoms with E-state index < -0.39 is 17.7 Å². The maximum Gasteiger partial charge on any atom is 0.295 e. The molecule has 0 saturated carbocycles. The maximum atomic E-state index is 13.0. The van der Waals surface area contributed by atoms with Crippen LogP contribution < -0.4 is 4.74 Å². The number of benzene rings is 1. The van der Waals surface area contributed by atoms with Gasteiger partial charge in [0.1, 0.15) is 11.5 Å². The summed E-state index contributed by atoms with van der Waals surface area (Å²) in [7, 11) is 0. The minimum Gasteiger partial charge on any atom is -0.507 e. The van der Waals surface area contributed by atoms with E-state index in [1.165, 1.54) is 0 Å². The summed E-state index contributed by atoms with van der Waals surface area (Å²) in [6.45, 7) is 9.49. The van der Waals surface area contributed by atoms with Crippen LogP contribution in [0.5, 0.6) is 5.75 Å². The molecule has 3 rings (SSSR count). The predicted octanol–water partition coefficient (Wildman–Crippen LogP) is 3.63. The maximum absolute atomic E-state index is 13.0. The number of amides is 1. The first-order valence-electron chi connectivity index (χ1n) is 11.2. The van der Waals surface area contributed by atoms with Crippen LogP contribution in [0.1, 0.15) is 44.4 Å². The average molecular weight is 438 g/mol. The molecule has 1 saturated heterocycles. The van der Waals surface area contributed by atoms with Crippen molar-refractivity contribution in [2.45, 2.75) is 33.2 Å². The Labute approximate surface area is 189 Å². The number of nitrogens with zero attached hydrogens (tertiary/aromatic N) is 3. The number of ether oxygens (including phenoxy) is 1. The van der Waals surface area contributed by atoms with Crippen molar-refractivity contribution in [3.8, 4) is 5.75 Å². The number of likely N-dealkylation sites (N-methyl/N-ethyl adjacent to an activating group) is 1. The first-order valence-corrected chi connectivity index (χ1v) is 11.2. The van der Waals surface area contributed by atoms with E-state index >= 15 is 0 Å². The Hall–Kier alpha value is -3.19. The summed E-state index contributed by atoms with van der Waals surface area (Å²) in [4.78, 5) is 33.8. The van der Waals surface area contributed by atoms with Gasteiger partial charge in [-0.05, 0) is 61.5 Å². The van der Waals surface area contributed by atoms with Crippen LogP contribution in [0.25, 0.3) is 5.76 Å². The molecular weight excluding hydrogens is 406 g/mol. The van der Waals surface area contributed by atoms with Gasteiger partial charge < -0.3 is 19.6 Å². The molecule has 1 aliphatic rings. The summed E-state index contributed by atoms with van der Waals surface area (Å²) in [6.07, 6.45) is 4.14. The summed E-state index contributed by atoms with van der Waals surface area (Å²) in [6, 6.07) is 9.79. The van der Waals surface area contributed by atoms with Gasteiger partial charge in [0.05, 0.1) is 18.2 Å². The molecule has 0 aliphatic carbocycles. The van der Waals surface area contributed by atoms with Crippen molar-refractivity contribution in [3.05, 3.63) is 65.5 Å². The second kappa shape index (κ2) is 10.9. The van der Waals surface area contributed by atoms with E-state index in [2.05, 4.69) is 23.7 Å². The van der Waals surface area contributed by atoms with Gasteiger partial charge in [-0.1, -0.05) is 20.8 Å². The van der Waals surface area contributed by atoms with Gasteiger partial charge in [0.25, 0.3) is 11.7 Å². The number of carbonyl (C=O) groups is 2. The van der Waals surface area contributed by atoms with Crippen LogP contribution in [0.2, 0.25) is 0 Å². The van der Waals surface area contributed by atoms with Crippen LogP contribution in [0, 0.1) is 0 Å². The molecule has 1 fully saturated rings. The number of Topliss-reactive ketones (excluding diaryl/α,β-unsaturated/α-hetero) is 1. The third kappa shape index (κ3) is 4.99. The molecule has 2 heterocycles. The summed E-state index contributed by atoms with van der Waals surface area (Å²) in [5.41, 5.74) is 1.31. The number of rotatable bonds is 10. The topological polar surface area (TPSA) is 83.0 Å². The van der Waals surface area contributed by atoms with Crippen LogP contribution in [0.15, 0.2) is 54.4 Å². The molecule has 32 heavy (non-hydrogen) atoms. The quantitative estimate of drug-likeness (QED) is 0.347. The molecule has 1 atom stereocenters. The molecule has 0 radical (unpaired) electrons. The Morgan fingerprint density at radius 2 is 1.72 bits per heavy atom. The van der Waals surface area contributed by atoms with Crippen LogP contribution in [0.3, 0.4) is 0 Å². The van der Waals surface area contributed by atoms with Gasteiger partial charge in [-0.2, -0.15) is 0 Å². The van der Waals surface area contributed by atoms with Gasteiger partial charge >= 0.3 is 0 Å². The molecule has 0 spiro atoms. The second-order valence-corrected chi connectivity index (χ2v) is 7.67. The van der Waals surface area contributed by atoms with Crippen LogP contribution in [0.4, 0.5) is 0 Å². The van der Waals surface area contributed by atoms with Crippen LogP contribution in [-0.2, 0) is 9.59 Å². The van der Waals surface area contributed by atoms with E-state index in [1.807, 2.05) is 6.92 Å².